The Morgan fingerprint density at radius 2 is 1.15 bits per heavy atom. The molecule has 0 aromatic heterocycles. The Labute approximate surface area is 206 Å². The molecule has 5 nitrogen and oxygen atoms in total. The summed E-state index contributed by atoms with van der Waals surface area (Å²) in [6.07, 6.45) is -1.99. The highest BCUT2D eigenvalue weighted by Crippen LogP contribution is 2.31. The lowest BCUT2D eigenvalue weighted by molar-refractivity contribution is -0.284. The van der Waals surface area contributed by atoms with Crippen LogP contribution in [0.15, 0.2) is 91.0 Å². The maximum Gasteiger partial charge on any atom is 0.186 e. The molecule has 3 aromatic carbocycles. The summed E-state index contributed by atoms with van der Waals surface area (Å²) in [4.78, 5) is 0. The zero-order chi connectivity index (χ0) is 23.6. The monoisotopic (exact) mass is 482 g/mol. The summed E-state index contributed by atoms with van der Waals surface area (Å²) in [5, 5.41) is -0.480. The van der Waals surface area contributed by atoms with Crippen molar-refractivity contribution in [2.75, 3.05) is 13.7 Å². The van der Waals surface area contributed by atoms with Crippen molar-refractivity contribution < 1.29 is 23.7 Å². The van der Waals surface area contributed by atoms with Crippen LogP contribution in [0.3, 0.4) is 0 Å². The van der Waals surface area contributed by atoms with Gasteiger partial charge in [-0.1, -0.05) is 91.0 Å². The van der Waals surface area contributed by atoms with Gasteiger partial charge in [-0.05, 0) is 16.7 Å². The standard InChI is InChI=1S/C28H31ClO5/c1-30-28-27(33-19-23-15-9-4-10-16-23)26(32-18-22-13-7-3-8-14-22)25(29)24(34-28)20-31-17-21-11-5-2-6-12-21/h2-16,24-28H,17-20H2,1H3/t24-,25+,26+,27-,28+/m1/s1. The van der Waals surface area contributed by atoms with Crippen molar-refractivity contribution in [2.24, 2.45) is 0 Å². The zero-order valence-corrected chi connectivity index (χ0v) is 20.1. The molecular formula is C28H31ClO5. The summed E-state index contributed by atoms with van der Waals surface area (Å²) < 4.78 is 30.4. The summed E-state index contributed by atoms with van der Waals surface area (Å²) in [6.45, 7) is 1.61. The summed E-state index contributed by atoms with van der Waals surface area (Å²) in [5.74, 6) is 0. The van der Waals surface area contributed by atoms with E-state index in [4.69, 9.17) is 35.3 Å². The van der Waals surface area contributed by atoms with Crippen LogP contribution in [-0.4, -0.2) is 43.7 Å². The van der Waals surface area contributed by atoms with Crippen LogP contribution >= 0.6 is 11.6 Å². The molecule has 0 bridgehead atoms. The molecule has 1 aliphatic heterocycles. The van der Waals surface area contributed by atoms with E-state index in [0.717, 1.165) is 16.7 Å². The smallest absolute Gasteiger partial charge is 0.186 e. The van der Waals surface area contributed by atoms with Gasteiger partial charge in [-0.2, -0.15) is 0 Å². The molecule has 34 heavy (non-hydrogen) atoms. The molecule has 0 aliphatic carbocycles. The molecule has 0 spiro atoms. The second-order valence-electron chi connectivity index (χ2n) is 8.25. The molecule has 0 unspecified atom stereocenters. The van der Waals surface area contributed by atoms with Crippen molar-refractivity contribution in [3.05, 3.63) is 108 Å². The first-order chi connectivity index (χ1) is 16.7. The first kappa shape index (κ1) is 24.9. The van der Waals surface area contributed by atoms with Crippen LogP contribution in [-0.2, 0) is 43.5 Å². The van der Waals surface area contributed by atoms with E-state index in [9.17, 15) is 0 Å². The summed E-state index contributed by atoms with van der Waals surface area (Å²) in [6, 6.07) is 30.0. The lowest BCUT2D eigenvalue weighted by atomic mass is 10.0. The number of alkyl halides is 1. The van der Waals surface area contributed by atoms with Crippen LogP contribution in [0, 0.1) is 0 Å². The Hall–Kier alpha value is -2.25. The van der Waals surface area contributed by atoms with Gasteiger partial charge in [0.25, 0.3) is 0 Å². The van der Waals surface area contributed by atoms with Gasteiger partial charge in [-0.25, -0.2) is 0 Å². The molecule has 1 aliphatic rings. The number of rotatable bonds is 11. The SMILES string of the molecule is CO[C@H]1O[C@H](COCc2ccccc2)[C@H](Cl)[C@H](OCc2ccccc2)[C@H]1OCc1ccccc1. The molecule has 0 N–H and O–H groups in total. The van der Waals surface area contributed by atoms with Gasteiger partial charge < -0.3 is 23.7 Å². The van der Waals surface area contributed by atoms with Crippen molar-refractivity contribution in [1.82, 2.24) is 0 Å². The maximum absolute atomic E-state index is 6.93. The predicted molar refractivity (Wildman–Crippen MR) is 131 cm³/mol. The second-order valence-corrected chi connectivity index (χ2v) is 8.75. The molecule has 1 heterocycles. The first-order valence-electron chi connectivity index (χ1n) is 11.5. The minimum Gasteiger partial charge on any atom is -0.374 e. The van der Waals surface area contributed by atoms with Gasteiger partial charge in [-0.15, -0.1) is 11.6 Å². The van der Waals surface area contributed by atoms with E-state index in [-0.39, 0.29) is 0 Å². The van der Waals surface area contributed by atoms with E-state index in [1.54, 1.807) is 7.11 Å². The molecule has 5 atom stereocenters. The maximum atomic E-state index is 6.93. The van der Waals surface area contributed by atoms with Crippen LogP contribution < -0.4 is 0 Å². The Morgan fingerprint density at radius 1 is 0.676 bits per heavy atom. The van der Waals surface area contributed by atoms with E-state index in [1.807, 2.05) is 91.0 Å². The number of methoxy groups -OCH3 is 1. The van der Waals surface area contributed by atoms with Gasteiger partial charge in [0.1, 0.15) is 18.3 Å². The van der Waals surface area contributed by atoms with E-state index in [2.05, 4.69) is 0 Å². The third-order valence-electron chi connectivity index (χ3n) is 5.77. The minimum absolute atomic E-state index is 0.319. The number of benzene rings is 3. The van der Waals surface area contributed by atoms with E-state index >= 15 is 0 Å². The molecule has 0 radical (unpaired) electrons. The number of hydrogen-bond donors (Lipinski definition) is 0. The molecule has 0 amide bonds. The Balaban J connectivity index is 1.44. The van der Waals surface area contributed by atoms with Gasteiger partial charge in [0.2, 0.25) is 0 Å². The highest BCUT2D eigenvalue weighted by Gasteiger charge is 2.47. The fourth-order valence-electron chi connectivity index (χ4n) is 3.95. The van der Waals surface area contributed by atoms with Gasteiger partial charge in [0.15, 0.2) is 6.29 Å². The highest BCUT2D eigenvalue weighted by atomic mass is 35.5. The van der Waals surface area contributed by atoms with Crippen LogP contribution in [0.25, 0.3) is 0 Å². The fourth-order valence-corrected chi connectivity index (χ4v) is 4.30. The first-order valence-corrected chi connectivity index (χ1v) is 11.9. The van der Waals surface area contributed by atoms with Crippen molar-refractivity contribution in [3.8, 4) is 0 Å². The molecule has 6 heteroatoms. The van der Waals surface area contributed by atoms with E-state index in [1.165, 1.54) is 0 Å². The van der Waals surface area contributed by atoms with Gasteiger partial charge in [0, 0.05) is 7.11 Å². The van der Waals surface area contributed by atoms with Crippen LogP contribution in [0.1, 0.15) is 16.7 Å². The average Bonchev–Trinajstić information content (AvgIpc) is 2.89. The second kappa shape index (κ2) is 13.0. The molecule has 3 aromatic rings. The average molecular weight is 483 g/mol. The van der Waals surface area contributed by atoms with E-state index in [0.29, 0.717) is 26.4 Å². The quantitative estimate of drug-likeness (QED) is 0.345. The van der Waals surface area contributed by atoms with Crippen molar-refractivity contribution in [3.63, 3.8) is 0 Å². The normalized spacial score (nSPS) is 24.7. The molecule has 4 rings (SSSR count). The lowest BCUT2D eigenvalue weighted by Crippen LogP contribution is -2.59. The summed E-state index contributed by atoms with van der Waals surface area (Å²) in [7, 11) is 1.61. The van der Waals surface area contributed by atoms with Crippen LogP contribution in [0.4, 0.5) is 0 Å². The molecule has 1 saturated heterocycles. The van der Waals surface area contributed by atoms with Crippen molar-refractivity contribution >= 4 is 11.6 Å². The summed E-state index contributed by atoms with van der Waals surface area (Å²) in [5.41, 5.74) is 3.21. The number of hydrogen-bond acceptors (Lipinski definition) is 5. The van der Waals surface area contributed by atoms with Crippen LogP contribution in [0.2, 0.25) is 0 Å². The molecule has 180 valence electrons. The van der Waals surface area contributed by atoms with Gasteiger partial charge in [0.05, 0.1) is 31.8 Å². The Kier molecular flexibility index (Phi) is 9.51. The third-order valence-corrected chi connectivity index (χ3v) is 6.30. The lowest BCUT2D eigenvalue weighted by Gasteiger charge is -2.43. The van der Waals surface area contributed by atoms with Crippen molar-refractivity contribution in [1.29, 1.82) is 0 Å². The predicted octanol–water partition coefficient (Wildman–Crippen LogP) is 5.35. The topological polar surface area (TPSA) is 46.2 Å². The Bertz CT molecular complexity index is 956. The molecular weight excluding hydrogens is 452 g/mol. The number of halogens is 1. The third kappa shape index (κ3) is 6.89. The minimum atomic E-state index is -0.634. The largest absolute Gasteiger partial charge is 0.374 e. The number of ether oxygens (including phenoxy) is 5. The highest BCUT2D eigenvalue weighted by molar-refractivity contribution is 6.21. The van der Waals surface area contributed by atoms with E-state index < -0.39 is 30.0 Å². The Morgan fingerprint density at radius 3 is 1.65 bits per heavy atom. The zero-order valence-electron chi connectivity index (χ0n) is 19.3. The fraction of sp³-hybridized carbons (Fsp3) is 0.357. The van der Waals surface area contributed by atoms with Gasteiger partial charge >= 0.3 is 0 Å². The molecule has 0 saturated carbocycles. The summed E-state index contributed by atoms with van der Waals surface area (Å²) >= 11 is 6.93. The molecule has 1 fully saturated rings. The van der Waals surface area contributed by atoms with Crippen LogP contribution in [0.5, 0.6) is 0 Å². The van der Waals surface area contributed by atoms with Crippen molar-refractivity contribution in [2.45, 2.75) is 49.8 Å². The van der Waals surface area contributed by atoms with Gasteiger partial charge in [-0.3, -0.25) is 0 Å².